The third-order valence-electron chi connectivity index (χ3n) is 7.25. The number of nitrogens with one attached hydrogen (secondary N) is 3. The summed E-state index contributed by atoms with van der Waals surface area (Å²) in [5.41, 5.74) is 5.39. The summed E-state index contributed by atoms with van der Waals surface area (Å²) < 4.78 is 14.2. The summed E-state index contributed by atoms with van der Waals surface area (Å²) in [6.45, 7) is 3.92. The molecule has 0 unspecified atom stereocenters. The van der Waals surface area contributed by atoms with Gasteiger partial charge in [-0.2, -0.15) is 0 Å². The highest BCUT2D eigenvalue weighted by molar-refractivity contribution is 5.96. The SMILES string of the molecule is O=C(N[C@@H](c1cc2ccccc2[nH]1)c1cc(F)ccc1O)c1cccc(-c2ccc(N3CCNCC3)cc2)c1. The van der Waals surface area contributed by atoms with Crippen LogP contribution in [0, 0.1) is 5.82 Å². The molecule has 0 saturated carbocycles. The number of carbonyl (C=O) groups is 1. The first kappa shape index (κ1) is 24.7. The fourth-order valence-corrected chi connectivity index (χ4v) is 5.17. The number of phenolic OH excluding ortho intramolecular Hbond substituents is 1. The molecule has 196 valence electrons. The molecule has 39 heavy (non-hydrogen) atoms. The molecule has 0 aliphatic carbocycles. The first-order chi connectivity index (χ1) is 19.0. The number of anilines is 1. The van der Waals surface area contributed by atoms with E-state index in [2.05, 4.69) is 44.8 Å². The van der Waals surface area contributed by atoms with Gasteiger partial charge in [-0.25, -0.2) is 4.39 Å². The van der Waals surface area contributed by atoms with Gasteiger partial charge in [0.05, 0.1) is 6.04 Å². The van der Waals surface area contributed by atoms with E-state index in [0.717, 1.165) is 48.2 Å². The number of carbonyl (C=O) groups excluding carboxylic acids is 1. The fraction of sp³-hybridized carbons (Fsp3) is 0.156. The van der Waals surface area contributed by atoms with E-state index in [1.54, 1.807) is 6.07 Å². The number of H-pyrrole nitrogens is 1. The van der Waals surface area contributed by atoms with E-state index in [9.17, 15) is 14.3 Å². The second-order valence-electron chi connectivity index (χ2n) is 9.79. The Balaban J connectivity index is 1.29. The van der Waals surface area contributed by atoms with Crippen LogP contribution in [0.1, 0.15) is 27.7 Å². The van der Waals surface area contributed by atoms with Crippen LogP contribution in [-0.4, -0.2) is 42.2 Å². The highest BCUT2D eigenvalue weighted by Gasteiger charge is 2.23. The molecule has 1 aromatic heterocycles. The lowest BCUT2D eigenvalue weighted by molar-refractivity contribution is 0.0942. The number of fused-ring (bicyclic) bond motifs is 1. The monoisotopic (exact) mass is 520 g/mol. The smallest absolute Gasteiger partial charge is 0.252 e. The van der Waals surface area contributed by atoms with Gasteiger partial charge in [-0.15, -0.1) is 0 Å². The fourth-order valence-electron chi connectivity index (χ4n) is 5.17. The van der Waals surface area contributed by atoms with Gasteiger partial charge in [0.2, 0.25) is 0 Å². The first-order valence-corrected chi connectivity index (χ1v) is 13.1. The molecule has 1 aliphatic heterocycles. The zero-order valence-corrected chi connectivity index (χ0v) is 21.3. The third-order valence-corrected chi connectivity index (χ3v) is 7.25. The average molecular weight is 521 g/mol. The van der Waals surface area contributed by atoms with Gasteiger partial charge in [-0.3, -0.25) is 4.79 Å². The predicted molar refractivity (Wildman–Crippen MR) is 153 cm³/mol. The molecule has 1 atom stereocenters. The molecular formula is C32H29FN4O2. The molecule has 4 aromatic carbocycles. The van der Waals surface area contributed by atoms with E-state index in [1.807, 2.05) is 48.5 Å². The summed E-state index contributed by atoms with van der Waals surface area (Å²) in [7, 11) is 0. The van der Waals surface area contributed by atoms with Crippen LogP contribution in [0.2, 0.25) is 0 Å². The van der Waals surface area contributed by atoms with Crippen LogP contribution in [0.25, 0.3) is 22.0 Å². The number of piperazine rings is 1. The molecule has 6 rings (SSSR count). The van der Waals surface area contributed by atoms with Crippen LogP contribution < -0.4 is 15.5 Å². The number of hydrogen-bond donors (Lipinski definition) is 4. The number of aromatic hydroxyl groups is 1. The minimum atomic E-state index is -0.789. The molecule has 1 fully saturated rings. The van der Waals surface area contributed by atoms with Gasteiger partial charge in [0.15, 0.2) is 0 Å². The Bertz CT molecular complexity index is 1590. The molecule has 1 amide bonds. The zero-order chi connectivity index (χ0) is 26.8. The molecule has 4 N–H and O–H groups in total. The Morgan fingerprint density at radius 2 is 1.67 bits per heavy atom. The summed E-state index contributed by atoms with van der Waals surface area (Å²) in [6.07, 6.45) is 0. The zero-order valence-electron chi connectivity index (χ0n) is 21.3. The Morgan fingerprint density at radius 3 is 2.46 bits per heavy atom. The number of hydrogen-bond acceptors (Lipinski definition) is 4. The molecule has 0 radical (unpaired) electrons. The van der Waals surface area contributed by atoms with Crippen molar-refractivity contribution in [2.24, 2.45) is 0 Å². The number of halogens is 1. The third kappa shape index (κ3) is 5.22. The second-order valence-corrected chi connectivity index (χ2v) is 9.79. The number of aromatic nitrogens is 1. The number of aromatic amines is 1. The summed E-state index contributed by atoms with van der Waals surface area (Å²) in [5, 5.41) is 17.9. The van der Waals surface area contributed by atoms with Crippen LogP contribution in [-0.2, 0) is 0 Å². The molecule has 7 heteroatoms. The number of amides is 1. The summed E-state index contributed by atoms with van der Waals surface area (Å²) in [5.74, 6) is -0.926. The van der Waals surface area contributed by atoms with Crippen LogP contribution in [0.5, 0.6) is 5.75 Å². The minimum absolute atomic E-state index is 0.0984. The summed E-state index contributed by atoms with van der Waals surface area (Å²) >= 11 is 0. The number of para-hydroxylation sites is 1. The molecule has 6 nitrogen and oxygen atoms in total. The second kappa shape index (κ2) is 10.6. The molecule has 2 heterocycles. The minimum Gasteiger partial charge on any atom is -0.508 e. The highest BCUT2D eigenvalue weighted by Crippen LogP contribution is 2.32. The first-order valence-electron chi connectivity index (χ1n) is 13.1. The normalized spacial score (nSPS) is 14.3. The number of benzene rings is 4. The quantitative estimate of drug-likeness (QED) is 0.235. The van der Waals surface area contributed by atoms with Crippen molar-refractivity contribution in [2.75, 3.05) is 31.1 Å². The molecular weight excluding hydrogens is 491 g/mol. The van der Waals surface area contributed by atoms with Crippen molar-refractivity contribution in [3.05, 3.63) is 120 Å². The maximum Gasteiger partial charge on any atom is 0.252 e. The van der Waals surface area contributed by atoms with Crippen molar-refractivity contribution in [2.45, 2.75) is 6.04 Å². The maximum atomic E-state index is 14.2. The van der Waals surface area contributed by atoms with E-state index >= 15 is 0 Å². The Labute approximate surface area is 226 Å². The van der Waals surface area contributed by atoms with Gasteiger partial charge in [0.25, 0.3) is 5.91 Å². The summed E-state index contributed by atoms with van der Waals surface area (Å²) in [6, 6.07) is 28.4. The Kier molecular flexibility index (Phi) is 6.73. The van der Waals surface area contributed by atoms with Crippen molar-refractivity contribution in [3.63, 3.8) is 0 Å². The number of rotatable bonds is 6. The van der Waals surface area contributed by atoms with Crippen molar-refractivity contribution in [3.8, 4) is 16.9 Å². The van der Waals surface area contributed by atoms with Gasteiger partial charge in [-0.1, -0.05) is 42.5 Å². The Morgan fingerprint density at radius 1 is 0.872 bits per heavy atom. The van der Waals surface area contributed by atoms with Gasteiger partial charge >= 0.3 is 0 Å². The van der Waals surface area contributed by atoms with E-state index < -0.39 is 11.9 Å². The lowest BCUT2D eigenvalue weighted by Gasteiger charge is -2.29. The van der Waals surface area contributed by atoms with E-state index in [4.69, 9.17) is 0 Å². The van der Waals surface area contributed by atoms with Crippen molar-refractivity contribution < 1.29 is 14.3 Å². The van der Waals surface area contributed by atoms with Crippen LogP contribution in [0.3, 0.4) is 0 Å². The Hall–Kier alpha value is -4.62. The molecule has 0 bridgehead atoms. The standard InChI is InChI=1S/C32H29FN4O2/c33-25-10-13-30(38)27(20-25)31(29-19-23-4-1-2-7-28(23)35-29)36-32(39)24-6-3-5-22(18-24)21-8-11-26(12-9-21)37-16-14-34-15-17-37/h1-13,18-20,31,34-35,38H,14-17H2,(H,36,39)/t31-/m1/s1. The average Bonchev–Trinajstić information content (AvgIpc) is 3.42. The number of nitrogens with zero attached hydrogens (tertiary/aromatic N) is 1. The predicted octanol–water partition coefficient (Wildman–Crippen LogP) is 5.61. The van der Waals surface area contributed by atoms with Crippen molar-refractivity contribution >= 4 is 22.5 Å². The molecule has 0 spiro atoms. The maximum absolute atomic E-state index is 14.2. The van der Waals surface area contributed by atoms with Crippen molar-refractivity contribution in [1.29, 1.82) is 0 Å². The molecule has 1 aliphatic rings. The largest absolute Gasteiger partial charge is 0.508 e. The lowest BCUT2D eigenvalue weighted by atomic mass is 10.00. The van der Waals surface area contributed by atoms with Crippen LogP contribution >= 0.6 is 0 Å². The van der Waals surface area contributed by atoms with E-state index in [1.165, 1.54) is 23.9 Å². The lowest BCUT2D eigenvalue weighted by Crippen LogP contribution is -2.43. The van der Waals surface area contributed by atoms with E-state index in [0.29, 0.717) is 11.3 Å². The molecule has 1 saturated heterocycles. The summed E-state index contributed by atoms with van der Waals surface area (Å²) in [4.78, 5) is 19.2. The topological polar surface area (TPSA) is 80.4 Å². The van der Waals surface area contributed by atoms with Crippen molar-refractivity contribution in [1.82, 2.24) is 15.6 Å². The number of phenols is 1. The molecule has 5 aromatic rings. The van der Waals surface area contributed by atoms with Gasteiger partial charge in [-0.05, 0) is 71.1 Å². The van der Waals surface area contributed by atoms with Gasteiger partial charge in [0, 0.05) is 54.2 Å². The van der Waals surface area contributed by atoms with Gasteiger partial charge in [0.1, 0.15) is 11.6 Å². The van der Waals surface area contributed by atoms with Gasteiger partial charge < -0.3 is 25.6 Å². The van der Waals surface area contributed by atoms with E-state index in [-0.39, 0.29) is 17.2 Å². The highest BCUT2D eigenvalue weighted by atomic mass is 19.1. The van der Waals surface area contributed by atoms with Crippen LogP contribution in [0.4, 0.5) is 10.1 Å². The van der Waals surface area contributed by atoms with Crippen LogP contribution in [0.15, 0.2) is 97.1 Å².